The van der Waals surface area contributed by atoms with Gasteiger partial charge in [0.25, 0.3) is 0 Å². The van der Waals surface area contributed by atoms with E-state index >= 15 is 0 Å². The third kappa shape index (κ3) is 14.6. The molecular formula is C60H86N2O4. The fourth-order valence-corrected chi connectivity index (χ4v) is 10.9. The average molecular weight is 899 g/mol. The minimum absolute atomic E-state index is 0. The second-order valence-electron chi connectivity index (χ2n) is 22.0. The van der Waals surface area contributed by atoms with E-state index in [1.807, 2.05) is 6.92 Å². The summed E-state index contributed by atoms with van der Waals surface area (Å²) in [4.78, 5) is 28.0. The third-order valence-corrected chi connectivity index (χ3v) is 15.3. The molecule has 6 nitrogen and oxygen atoms in total. The van der Waals surface area contributed by atoms with Crippen LogP contribution in [0.1, 0.15) is 163 Å². The van der Waals surface area contributed by atoms with Crippen LogP contribution in [0, 0.1) is 34.5 Å². The highest BCUT2D eigenvalue weighted by atomic mass is 16.5. The summed E-state index contributed by atoms with van der Waals surface area (Å²) in [5.74, 6) is 0.947. The zero-order valence-corrected chi connectivity index (χ0v) is 40.4. The number of rotatable bonds is 9. The Labute approximate surface area is 400 Å². The standard InChI is InChI=1S/C30H41NO2.C28H37NO2.2CH4/c1-5-33-29(32)25-14-16-31(17-15-25)21-24-7-11-26-19-23(6-10-27(26)20-24)18-22-8-12-28(13-9-22)30(2,3)4;1-28(2,3)26-10-6-20(7-11-26)16-21-4-8-25-18-22(5-9-24(25)17-21)19-29-14-12-23(13-15-29)27(30)31;;/h6-7,10-11,18-20,25,28H,5,8-9,12-17,21H2,1-4H3;4-5,8-9,16-18,23,26H,6-7,10-15,19H2,1-3H3,(H,30,31);2*1H4. The number of carboxylic acids is 1. The summed E-state index contributed by atoms with van der Waals surface area (Å²) < 4.78 is 5.20. The van der Waals surface area contributed by atoms with Crippen molar-refractivity contribution in [1.29, 1.82) is 0 Å². The number of aliphatic carboxylic acids is 1. The predicted molar refractivity (Wildman–Crippen MR) is 280 cm³/mol. The fraction of sp³-hybridized carbons (Fsp3) is 0.567. The molecule has 6 heteroatoms. The molecule has 0 radical (unpaired) electrons. The van der Waals surface area contributed by atoms with E-state index in [1.54, 1.807) is 11.1 Å². The number of carbonyl (C=O) groups excluding carboxylic acids is 1. The molecule has 2 aliphatic carbocycles. The fourth-order valence-electron chi connectivity index (χ4n) is 10.9. The molecule has 4 fully saturated rings. The van der Waals surface area contributed by atoms with E-state index < -0.39 is 5.97 Å². The van der Waals surface area contributed by atoms with Gasteiger partial charge in [0, 0.05) is 13.1 Å². The highest BCUT2D eigenvalue weighted by Gasteiger charge is 2.29. The van der Waals surface area contributed by atoms with Crippen LogP contribution in [0.25, 0.3) is 33.7 Å². The van der Waals surface area contributed by atoms with Gasteiger partial charge >= 0.3 is 11.9 Å². The maximum atomic E-state index is 12.0. The van der Waals surface area contributed by atoms with Crippen LogP contribution in [0.4, 0.5) is 0 Å². The lowest BCUT2D eigenvalue weighted by Crippen LogP contribution is -2.36. The molecule has 0 unspecified atom stereocenters. The Bertz CT molecular complexity index is 2260. The van der Waals surface area contributed by atoms with E-state index in [4.69, 9.17) is 4.74 Å². The number of piperidine rings is 2. The van der Waals surface area contributed by atoms with Crippen LogP contribution in [0.5, 0.6) is 0 Å². The number of carbonyl (C=O) groups is 2. The Morgan fingerprint density at radius 1 is 0.561 bits per heavy atom. The highest BCUT2D eigenvalue weighted by molar-refractivity contribution is 5.86. The van der Waals surface area contributed by atoms with Gasteiger partial charge in [-0.05, 0) is 201 Å². The number of hydrogen-bond donors (Lipinski definition) is 1. The van der Waals surface area contributed by atoms with Gasteiger partial charge in [-0.2, -0.15) is 0 Å². The zero-order chi connectivity index (χ0) is 45.4. The molecule has 0 bridgehead atoms. The molecule has 1 N–H and O–H groups in total. The second-order valence-corrected chi connectivity index (χ2v) is 22.0. The summed E-state index contributed by atoms with van der Waals surface area (Å²) in [5, 5.41) is 14.4. The lowest BCUT2D eigenvalue weighted by Gasteiger charge is -2.34. The first-order valence-corrected chi connectivity index (χ1v) is 24.9. The highest BCUT2D eigenvalue weighted by Crippen LogP contribution is 2.41. The van der Waals surface area contributed by atoms with Crippen molar-refractivity contribution in [1.82, 2.24) is 9.80 Å². The van der Waals surface area contributed by atoms with Crippen LogP contribution in [0.2, 0.25) is 0 Å². The second kappa shape index (κ2) is 23.6. The molecule has 2 saturated heterocycles. The van der Waals surface area contributed by atoms with Gasteiger partial charge in [0.1, 0.15) is 0 Å². The summed E-state index contributed by atoms with van der Waals surface area (Å²) in [5.41, 5.74) is 9.39. The quantitative estimate of drug-likeness (QED) is 0.169. The van der Waals surface area contributed by atoms with Crippen molar-refractivity contribution in [3.05, 3.63) is 106 Å². The van der Waals surface area contributed by atoms with Gasteiger partial charge in [-0.3, -0.25) is 19.4 Å². The van der Waals surface area contributed by atoms with E-state index in [0.717, 1.165) is 76.8 Å². The smallest absolute Gasteiger partial charge is 0.309 e. The number of fused-ring (bicyclic) bond motifs is 2. The normalized spacial score (nSPS) is 20.4. The van der Waals surface area contributed by atoms with Gasteiger partial charge in [-0.15, -0.1) is 0 Å². The molecule has 0 atom stereocenters. The Balaban J connectivity index is 0.000000241. The Kier molecular flexibility index (Phi) is 18.9. The van der Waals surface area contributed by atoms with Gasteiger partial charge in [-0.25, -0.2) is 0 Å². The molecule has 2 saturated carbocycles. The minimum Gasteiger partial charge on any atom is -0.481 e. The van der Waals surface area contributed by atoms with Crippen molar-refractivity contribution in [2.75, 3.05) is 32.8 Å². The topological polar surface area (TPSA) is 70.1 Å². The first kappa shape index (κ1) is 52.7. The van der Waals surface area contributed by atoms with Gasteiger partial charge in [0.05, 0.1) is 18.4 Å². The average Bonchev–Trinajstić information content (AvgIpc) is 3.27. The molecule has 4 aliphatic rings. The van der Waals surface area contributed by atoms with Gasteiger partial charge in [0.2, 0.25) is 0 Å². The minimum atomic E-state index is -0.640. The van der Waals surface area contributed by atoms with E-state index in [-0.39, 0.29) is 32.7 Å². The molecule has 0 aromatic heterocycles. The van der Waals surface area contributed by atoms with Crippen LogP contribution >= 0.6 is 0 Å². The predicted octanol–water partition coefficient (Wildman–Crippen LogP) is 15.3. The Morgan fingerprint density at radius 3 is 1.29 bits per heavy atom. The van der Waals surface area contributed by atoms with Crippen molar-refractivity contribution in [3.8, 4) is 0 Å². The van der Waals surface area contributed by atoms with Gasteiger partial charge < -0.3 is 9.84 Å². The monoisotopic (exact) mass is 899 g/mol. The molecule has 2 heterocycles. The number of benzene rings is 4. The molecule has 4 aromatic carbocycles. The number of likely N-dealkylation sites (tertiary alicyclic amines) is 2. The van der Waals surface area contributed by atoms with E-state index in [9.17, 15) is 14.7 Å². The summed E-state index contributed by atoms with van der Waals surface area (Å²) >= 11 is 0. The van der Waals surface area contributed by atoms with Crippen molar-refractivity contribution in [3.63, 3.8) is 0 Å². The molecule has 4 aromatic rings. The molecule has 0 amide bonds. The third-order valence-electron chi connectivity index (χ3n) is 15.3. The van der Waals surface area contributed by atoms with Crippen LogP contribution in [0.3, 0.4) is 0 Å². The molecule has 0 spiro atoms. The van der Waals surface area contributed by atoms with Crippen LogP contribution < -0.4 is 0 Å². The zero-order valence-electron chi connectivity index (χ0n) is 40.4. The molecule has 2 aliphatic heterocycles. The maximum Gasteiger partial charge on any atom is 0.309 e. The number of hydrogen-bond acceptors (Lipinski definition) is 5. The number of allylic oxidation sites excluding steroid dienone is 2. The van der Waals surface area contributed by atoms with E-state index in [1.165, 1.54) is 95.2 Å². The van der Waals surface area contributed by atoms with Gasteiger partial charge in [0.15, 0.2) is 0 Å². The van der Waals surface area contributed by atoms with Gasteiger partial charge in [-0.1, -0.05) is 128 Å². The Hall–Kier alpha value is -4.26. The number of esters is 1. The summed E-state index contributed by atoms with van der Waals surface area (Å²) in [6, 6.07) is 27.4. The largest absolute Gasteiger partial charge is 0.481 e. The molecule has 8 rings (SSSR count). The molecule has 360 valence electrons. The molecular weight excluding hydrogens is 813 g/mol. The Morgan fingerprint density at radius 2 is 0.924 bits per heavy atom. The SMILES string of the molecule is C.C.CC(C)(C)C1CCC(=Cc2ccc3cc(CN4CCC(C(=O)O)CC4)ccc3c2)CC1.CCOC(=O)C1CCN(Cc2ccc3cc(C=C4CCC(C(C)(C)C)CC4)ccc3c2)CC1. The number of ether oxygens (including phenoxy) is 1. The maximum absolute atomic E-state index is 12.0. The first-order valence-electron chi connectivity index (χ1n) is 24.9. The summed E-state index contributed by atoms with van der Waals surface area (Å²) in [7, 11) is 0. The van der Waals surface area contributed by atoms with Crippen molar-refractivity contribution in [2.24, 2.45) is 34.5 Å². The van der Waals surface area contributed by atoms with Crippen molar-refractivity contribution in [2.45, 2.75) is 153 Å². The van der Waals surface area contributed by atoms with Crippen molar-refractivity contribution < 1.29 is 19.4 Å². The number of carboxylic acid groups (broad SMARTS) is 1. The first-order chi connectivity index (χ1) is 30.6. The number of nitrogens with zero attached hydrogens (tertiary/aromatic N) is 2. The molecule has 66 heavy (non-hydrogen) atoms. The summed E-state index contributed by atoms with van der Waals surface area (Å²) in [6.07, 6.45) is 18.4. The summed E-state index contributed by atoms with van der Waals surface area (Å²) in [6.45, 7) is 22.2. The van der Waals surface area contributed by atoms with E-state index in [2.05, 4.69) is 136 Å². The lowest BCUT2D eigenvalue weighted by atomic mass is 9.71. The van der Waals surface area contributed by atoms with Crippen LogP contribution in [0.15, 0.2) is 83.9 Å². The lowest BCUT2D eigenvalue weighted by molar-refractivity contribution is -0.149. The van der Waals surface area contributed by atoms with Crippen LogP contribution in [-0.4, -0.2) is 59.6 Å². The van der Waals surface area contributed by atoms with Crippen molar-refractivity contribution >= 4 is 45.6 Å². The van der Waals surface area contributed by atoms with Crippen LogP contribution in [-0.2, 0) is 27.4 Å². The van der Waals surface area contributed by atoms with E-state index in [0.29, 0.717) is 17.4 Å².